The summed E-state index contributed by atoms with van der Waals surface area (Å²) in [5.41, 5.74) is 2.19. The van der Waals surface area contributed by atoms with E-state index in [9.17, 15) is 0 Å². The fourth-order valence-electron chi connectivity index (χ4n) is 2.73. The van der Waals surface area contributed by atoms with Crippen molar-refractivity contribution in [3.8, 4) is 17.2 Å². The molecule has 1 N–H and O–H groups in total. The molecule has 3 rings (SSSR count). The molecule has 2 aromatic rings. The maximum absolute atomic E-state index is 6.13. The summed E-state index contributed by atoms with van der Waals surface area (Å²) in [4.78, 5) is 0. The standard InChI is InChI=1S/C18H21NO2/c1-18(2)11-13-8-6-10-16(17(13)21-18)20-15-9-5-4-7-14(15)12-19-3/h4-10,19H,11-12H2,1-3H3. The van der Waals surface area contributed by atoms with Gasteiger partial charge in [0.2, 0.25) is 0 Å². The Morgan fingerprint density at radius 3 is 2.67 bits per heavy atom. The molecule has 0 amide bonds. The fourth-order valence-corrected chi connectivity index (χ4v) is 2.73. The first-order valence-corrected chi connectivity index (χ1v) is 7.30. The Morgan fingerprint density at radius 2 is 1.86 bits per heavy atom. The Kier molecular flexibility index (Phi) is 3.60. The third-order valence-corrected chi connectivity index (χ3v) is 3.61. The zero-order chi connectivity index (χ0) is 14.9. The molecule has 0 saturated heterocycles. The first kappa shape index (κ1) is 14.0. The van der Waals surface area contributed by atoms with Crippen molar-refractivity contribution in [1.29, 1.82) is 0 Å². The second-order valence-electron chi connectivity index (χ2n) is 6.02. The zero-order valence-electron chi connectivity index (χ0n) is 12.8. The predicted molar refractivity (Wildman–Crippen MR) is 84.1 cm³/mol. The van der Waals surface area contributed by atoms with E-state index in [0.29, 0.717) is 0 Å². The lowest BCUT2D eigenvalue weighted by Gasteiger charge is -2.18. The number of para-hydroxylation sites is 2. The summed E-state index contributed by atoms with van der Waals surface area (Å²) in [6, 6.07) is 14.2. The monoisotopic (exact) mass is 283 g/mol. The minimum Gasteiger partial charge on any atom is -0.483 e. The van der Waals surface area contributed by atoms with Crippen molar-refractivity contribution >= 4 is 0 Å². The van der Waals surface area contributed by atoms with Gasteiger partial charge in [-0.25, -0.2) is 0 Å². The van der Waals surface area contributed by atoms with Crippen LogP contribution in [0, 0.1) is 0 Å². The predicted octanol–water partition coefficient (Wildman–Crippen LogP) is 3.91. The van der Waals surface area contributed by atoms with Gasteiger partial charge in [-0.1, -0.05) is 30.3 Å². The molecule has 0 saturated carbocycles. The van der Waals surface area contributed by atoms with Gasteiger partial charge in [0.15, 0.2) is 11.5 Å². The molecule has 1 heterocycles. The molecule has 21 heavy (non-hydrogen) atoms. The van der Waals surface area contributed by atoms with Crippen molar-refractivity contribution in [2.24, 2.45) is 0 Å². The Morgan fingerprint density at radius 1 is 1.10 bits per heavy atom. The van der Waals surface area contributed by atoms with Gasteiger partial charge in [-0.15, -0.1) is 0 Å². The largest absolute Gasteiger partial charge is 0.483 e. The zero-order valence-corrected chi connectivity index (χ0v) is 12.8. The summed E-state index contributed by atoms with van der Waals surface area (Å²) < 4.78 is 12.2. The van der Waals surface area contributed by atoms with Crippen molar-refractivity contribution in [2.45, 2.75) is 32.4 Å². The molecule has 1 aliphatic heterocycles. The molecule has 2 aromatic carbocycles. The van der Waals surface area contributed by atoms with Crippen LogP contribution in [0.2, 0.25) is 0 Å². The van der Waals surface area contributed by atoms with E-state index in [0.717, 1.165) is 35.8 Å². The van der Waals surface area contributed by atoms with E-state index < -0.39 is 0 Å². The van der Waals surface area contributed by atoms with E-state index in [-0.39, 0.29) is 5.60 Å². The van der Waals surface area contributed by atoms with Gasteiger partial charge >= 0.3 is 0 Å². The summed E-state index contributed by atoms with van der Waals surface area (Å²) in [7, 11) is 1.93. The number of rotatable bonds is 4. The fraction of sp³-hybridized carbons (Fsp3) is 0.333. The van der Waals surface area contributed by atoms with Crippen molar-refractivity contribution in [3.05, 3.63) is 53.6 Å². The third-order valence-electron chi connectivity index (χ3n) is 3.61. The smallest absolute Gasteiger partial charge is 0.169 e. The molecule has 110 valence electrons. The van der Waals surface area contributed by atoms with E-state index in [1.54, 1.807) is 0 Å². The van der Waals surface area contributed by atoms with Crippen LogP contribution in [0.3, 0.4) is 0 Å². The van der Waals surface area contributed by atoms with E-state index >= 15 is 0 Å². The minimum atomic E-state index is -0.160. The van der Waals surface area contributed by atoms with E-state index in [4.69, 9.17) is 9.47 Å². The normalized spacial score (nSPS) is 15.4. The van der Waals surface area contributed by atoms with Crippen LogP contribution < -0.4 is 14.8 Å². The van der Waals surface area contributed by atoms with E-state index in [1.165, 1.54) is 5.56 Å². The number of fused-ring (bicyclic) bond motifs is 1. The van der Waals surface area contributed by atoms with E-state index in [1.807, 2.05) is 37.4 Å². The lowest BCUT2D eigenvalue weighted by molar-refractivity contribution is 0.135. The van der Waals surface area contributed by atoms with Gasteiger partial charge in [-0.05, 0) is 33.0 Å². The van der Waals surface area contributed by atoms with E-state index in [2.05, 4.69) is 31.3 Å². The molecule has 0 spiro atoms. The molecule has 0 aromatic heterocycles. The second-order valence-corrected chi connectivity index (χ2v) is 6.02. The van der Waals surface area contributed by atoms with Crippen molar-refractivity contribution in [3.63, 3.8) is 0 Å². The van der Waals surface area contributed by atoms with Crippen LogP contribution >= 0.6 is 0 Å². The number of hydrogen-bond donors (Lipinski definition) is 1. The van der Waals surface area contributed by atoms with Gasteiger partial charge in [0, 0.05) is 24.1 Å². The van der Waals surface area contributed by atoms with Gasteiger partial charge in [0.25, 0.3) is 0 Å². The molecule has 3 heteroatoms. The van der Waals surface area contributed by atoms with Crippen LogP contribution in [0.25, 0.3) is 0 Å². The average molecular weight is 283 g/mol. The van der Waals surface area contributed by atoms with Crippen molar-refractivity contribution in [1.82, 2.24) is 5.32 Å². The van der Waals surface area contributed by atoms with Crippen molar-refractivity contribution in [2.75, 3.05) is 7.05 Å². The molecule has 1 aliphatic rings. The maximum atomic E-state index is 6.13. The van der Waals surface area contributed by atoms with Crippen LogP contribution in [0.15, 0.2) is 42.5 Å². The molecular formula is C18H21NO2. The Balaban J connectivity index is 1.93. The first-order valence-electron chi connectivity index (χ1n) is 7.30. The highest BCUT2D eigenvalue weighted by atomic mass is 16.5. The first-order chi connectivity index (χ1) is 10.1. The number of hydrogen-bond acceptors (Lipinski definition) is 3. The number of benzene rings is 2. The third kappa shape index (κ3) is 2.88. The van der Waals surface area contributed by atoms with Gasteiger partial charge in [-0.2, -0.15) is 0 Å². The van der Waals surface area contributed by atoms with Gasteiger partial charge in [-0.3, -0.25) is 0 Å². The highest BCUT2D eigenvalue weighted by Gasteiger charge is 2.32. The molecule has 0 bridgehead atoms. The number of ether oxygens (including phenoxy) is 2. The molecule has 0 aliphatic carbocycles. The summed E-state index contributed by atoms with van der Waals surface area (Å²) in [6.07, 6.45) is 0.914. The highest BCUT2D eigenvalue weighted by Crippen LogP contribution is 2.43. The van der Waals surface area contributed by atoms with Crippen molar-refractivity contribution < 1.29 is 9.47 Å². The van der Waals surface area contributed by atoms with Crippen LogP contribution in [0.5, 0.6) is 17.2 Å². The quantitative estimate of drug-likeness (QED) is 0.922. The molecule has 0 atom stereocenters. The van der Waals surface area contributed by atoms with Crippen LogP contribution in [-0.4, -0.2) is 12.6 Å². The van der Waals surface area contributed by atoms with Crippen LogP contribution in [0.1, 0.15) is 25.0 Å². The summed E-state index contributed by atoms with van der Waals surface area (Å²) in [5.74, 6) is 2.54. The van der Waals surface area contributed by atoms with Gasteiger partial charge in [0.05, 0.1) is 0 Å². The Bertz CT molecular complexity index is 649. The minimum absolute atomic E-state index is 0.160. The SMILES string of the molecule is CNCc1ccccc1Oc1cccc2c1OC(C)(C)C2. The topological polar surface area (TPSA) is 30.5 Å². The Labute approximate surface area is 125 Å². The van der Waals surface area contributed by atoms with Crippen LogP contribution in [-0.2, 0) is 13.0 Å². The molecule has 0 fully saturated rings. The average Bonchev–Trinajstić information content (AvgIpc) is 2.76. The lowest BCUT2D eigenvalue weighted by atomic mass is 10.0. The summed E-state index contributed by atoms with van der Waals surface area (Å²) in [6.45, 7) is 4.98. The van der Waals surface area contributed by atoms with Gasteiger partial charge < -0.3 is 14.8 Å². The summed E-state index contributed by atoms with van der Waals surface area (Å²) in [5, 5.41) is 3.16. The molecule has 0 radical (unpaired) electrons. The second kappa shape index (κ2) is 5.41. The lowest BCUT2D eigenvalue weighted by Crippen LogP contribution is -2.24. The van der Waals surface area contributed by atoms with Gasteiger partial charge in [0.1, 0.15) is 11.4 Å². The molecular weight excluding hydrogens is 262 g/mol. The Hall–Kier alpha value is -2.00. The molecule has 3 nitrogen and oxygen atoms in total. The number of nitrogens with one attached hydrogen (secondary N) is 1. The highest BCUT2D eigenvalue weighted by molar-refractivity contribution is 5.52. The molecule has 0 unspecified atom stereocenters. The van der Waals surface area contributed by atoms with Crippen LogP contribution in [0.4, 0.5) is 0 Å². The summed E-state index contributed by atoms with van der Waals surface area (Å²) >= 11 is 0. The maximum Gasteiger partial charge on any atom is 0.169 e.